The number of pyridine rings is 1. The number of aromatic nitrogens is 2. The molecule has 0 aliphatic rings. The van der Waals surface area contributed by atoms with E-state index in [1.807, 2.05) is 0 Å². The number of carbonyl (C=O) groups is 1. The van der Waals surface area contributed by atoms with E-state index < -0.39 is 5.97 Å². The molecule has 2 aromatic heterocycles. The van der Waals surface area contributed by atoms with E-state index in [4.69, 9.17) is 16.6 Å². The van der Waals surface area contributed by atoms with Crippen molar-refractivity contribution in [2.24, 2.45) is 11.5 Å². The Labute approximate surface area is 96.9 Å². The number of aromatic amines is 2. The third-order valence-electron chi connectivity index (χ3n) is 2.61. The van der Waals surface area contributed by atoms with Crippen LogP contribution >= 0.6 is 0 Å². The van der Waals surface area contributed by atoms with Gasteiger partial charge in [0.2, 0.25) is 0 Å². The molecule has 0 radical (unpaired) electrons. The molecule has 0 amide bonds. The zero-order valence-corrected chi connectivity index (χ0v) is 9.03. The molecule has 7 N–H and O–H groups in total. The van der Waals surface area contributed by atoms with Gasteiger partial charge in [0.05, 0.1) is 17.1 Å². The van der Waals surface area contributed by atoms with Crippen LogP contribution in [0.4, 0.5) is 0 Å². The Balaban J connectivity index is 2.65. The first kappa shape index (κ1) is 11.2. The highest BCUT2D eigenvalue weighted by Crippen LogP contribution is 2.22. The largest absolute Gasteiger partial charge is 0.478 e. The zero-order chi connectivity index (χ0) is 12.4. The second-order valence-electron chi connectivity index (χ2n) is 3.58. The maximum atomic E-state index is 10.9. The molecule has 2 rings (SSSR count). The molecule has 0 atom stereocenters. The molecular weight excluding hydrogens is 220 g/mol. The van der Waals surface area contributed by atoms with Gasteiger partial charge in [0.15, 0.2) is 0 Å². The summed E-state index contributed by atoms with van der Waals surface area (Å²) >= 11 is 0. The summed E-state index contributed by atoms with van der Waals surface area (Å²) in [7, 11) is 0. The van der Waals surface area contributed by atoms with Gasteiger partial charge in [0.1, 0.15) is 6.20 Å². The van der Waals surface area contributed by atoms with Crippen molar-refractivity contribution in [2.75, 3.05) is 6.54 Å². The summed E-state index contributed by atoms with van der Waals surface area (Å²) in [5.74, 6) is -0.985. The number of hydrogen-bond acceptors (Lipinski definition) is 3. The molecule has 2 heterocycles. The Morgan fingerprint density at radius 3 is 2.94 bits per heavy atom. The van der Waals surface area contributed by atoms with Crippen LogP contribution in [-0.4, -0.2) is 22.6 Å². The molecule has 0 spiro atoms. The van der Waals surface area contributed by atoms with Crippen molar-refractivity contribution in [3.63, 3.8) is 0 Å². The Morgan fingerprint density at radius 2 is 2.35 bits per heavy atom. The lowest BCUT2D eigenvalue weighted by Gasteiger charge is -1.99. The van der Waals surface area contributed by atoms with Crippen molar-refractivity contribution in [3.05, 3.63) is 35.8 Å². The lowest BCUT2D eigenvalue weighted by atomic mass is 10.1. The summed E-state index contributed by atoms with van der Waals surface area (Å²) in [5, 5.41) is 9.69. The quantitative estimate of drug-likeness (QED) is 0.593. The average Bonchev–Trinajstić information content (AvgIpc) is 2.74. The monoisotopic (exact) mass is 233 g/mol. The number of hydrogen-bond donors (Lipinski definition) is 4. The van der Waals surface area contributed by atoms with Crippen molar-refractivity contribution in [1.29, 1.82) is 0 Å². The van der Waals surface area contributed by atoms with Crippen molar-refractivity contribution in [2.45, 2.75) is 0 Å². The third kappa shape index (κ3) is 1.85. The number of carboxylic acid groups (broad SMARTS) is 1. The second kappa shape index (κ2) is 4.26. The molecule has 0 unspecified atom stereocenters. The van der Waals surface area contributed by atoms with Gasteiger partial charge in [-0.2, -0.15) is 0 Å². The number of nitrogens with one attached hydrogen (secondary N) is 2. The number of aromatic carboxylic acids is 1. The van der Waals surface area contributed by atoms with Gasteiger partial charge >= 0.3 is 5.97 Å². The molecule has 6 heteroatoms. The van der Waals surface area contributed by atoms with Crippen LogP contribution in [0.5, 0.6) is 0 Å². The lowest BCUT2D eigenvalue weighted by Crippen LogP contribution is -2.09. The molecule has 6 nitrogen and oxygen atoms in total. The summed E-state index contributed by atoms with van der Waals surface area (Å²) in [6.45, 7) is 0.292. The molecule has 0 saturated heterocycles. The fourth-order valence-electron chi connectivity index (χ4n) is 1.71. The fourth-order valence-corrected chi connectivity index (χ4v) is 1.71. The van der Waals surface area contributed by atoms with E-state index in [0.29, 0.717) is 6.54 Å². The van der Waals surface area contributed by atoms with Gasteiger partial charge < -0.3 is 16.6 Å². The minimum Gasteiger partial charge on any atom is -0.478 e. The lowest BCUT2D eigenvalue weighted by molar-refractivity contribution is -0.347. The Bertz CT molecular complexity index is 601. The van der Waals surface area contributed by atoms with Crippen LogP contribution in [0.2, 0.25) is 0 Å². The summed E-state index contributed by atoms with van der Waals surface area (Å²) in [6, 6.07) is 1.58. The molecule has 2 aromatic rings. The number of rotatable bonds is 3. The highest BCUT2D eigenvalue weighted by molar-refractivity contribution is 5.95. The van der Waals surface area contributed by atoms with Gasteiger partial charge in [-0.3, -0.25) is 0 Å². The first-order chi connectivity index (χ1) is 8.17. The predicted octanol–water partition coefficient (Wildman–Crippen LogP) is -0.0615. The molecule has 0 aliphatic heterocycles. The van der Waals surface area contributed by atoms with Crippen molar-refractivity contribution < 1.29 is 14.9 Å². The van der Waals surface area contributed by atoms with Crippen molar-refractivity contribution in [3.8, 4) is 0 Å². The third-order valence-corrected chi connectivity index (χ3v) is 2.61. The smallest absolute Gasteiger partial charge is 0.339 e. The average molecular weight is 233 g/mol. The zero-order valence-electron chi connectivity index (χ0n) is 9.03. The highest BCUT2D eigenvalue weighted by atomic mass is 16.4. The summed E-state index contributed by atoms with van der Waals surface area (Å²) in [4.78, 5) is 16.8. The summed E-state index contributed by atoms with van der Waals surface area (Å²) in [6.07, 6.45) is 4.60. The molecule has 0 aliphatic carbocycles. The number of fused-ring (bicyclic) bond motifs is 1. The Kier molecular flexibility index (Phi) is 2.80. The van der Waals surface area contributed by atoms with Crippen molar-refractivity contribution in [1.82, 2.24) is 4.98 Å². The first-order valence-corrected chi connectivity index (χ1v) is 5.04. The molecule has 0 aromatic carbocycles. The van der Waals surface area contributed by atoms with E-state index in [0.717, 1.165) is 22.2 Å². The van der Waals surface area contributed by atoms with Gasteiger partial charge in [-0.1, -0.05) is 0 Å². The van der Waals surface area contributed by atoms with E-state index in [9.17, 15) is 4.79 Å². The summed E-state index contributed by atoms with van der Waals surface area (Å²) < 4.78 is 0. The van der Waals surface area contributed by atoms with Gasteiger partial charge in [0, 0.05) is 12.1 Å². The standard InChI is InChI=1S/C11H12N4O2/c12-2-7(3-13)9-5-15-10-8(9)1-6(4-14-10)11(16)17/h1-2,4-5H,3,12-13H2,(H,14,15)(H,16,17)/p+1. The first-order valence-electron chi connectivity index (χ1n) is 5.04. The van der Waals surface area contributed by atoms with E-state index in [2.05, 4.69) is 9.97 Å². The summed E-state index contributed by atoms with van der Waals surface area (Å²) in [5.41, 5.74) is 13.5. The highest BCUT2D eigenvalue weighted by Gasteiger charge is 2.15. The van der Waals surface area contributed by atoms with E-state index in [1.54, 1.807) is 12.3 Å². The SMILES string of the molecule is NC=C(CN)c1c[nH]c2[nH+]cc(C(=O)O)cc12. The Morgan fingerprint density at radius 1 is 1.59 bits per heavy atom. The number of H-pyrrole nitrogens is 2. The van der Waals surface area contributed by atoms with Gasteiger partial charge in [-0.05, 0) is 17.8 Å². The molecule has 0 bridgehead atoms. The van der Waals surface area contributed by atoms with Crippen LogP contribution in [0.3, 0.4) is 0 Å². The van der Waals surface area contributed by atoms with Crippen molar-refractivity contribution >= 4 is 22.6 Å². The molecule has 0 saturated carbocycles. The maximum Gasteiger partial charge on any atom is 0.339 e. The second-order valence-corrected chi connectivity index (χ2v) is 3.58. The van der Waals surface area contributed by atoms with Gasteiger partial charge in [-0.25, -0.2) is 14.8 Å². The predicted molar refractivity (Wildman–Crippen MR) is 63.0 cm³/mol. The normalized spacial score (nSPS) is 11.9. The van der Waals surface area contributed by atoms with Crippen LogP contribution in [0.25, 0.3) is 16.6 Å². The molecular formula is C11H13N4O2+. The van der Waals surface area contributed by atoms with E-state index >= 15 is 0 Å². The van der Waals surface area contributed by atoms with Crippen LogP contribution in [0.15, 0.2) is 24.7 Å². The maximum absolute atomic E-state index is 10.9. The molecule has 0 fully saturated rings. The number of nitrogens with two attached hydrogens (primary N) is 2. The molecule has 88 valence electrons. The number of carboxylic acids is 1. The van der Waals surface area contributed by atoms with E-state index in [1.165, 1.54) is 12.4 Å². The molecule has 17 heavy (non-hydrogen) atoms. The Hall–Kier alpha value is -2.34. The van der Waals surface area contributed by atoms with Crippen LogP contribution in [-0.2, 0) is 0 Å². The van der Waals surface area contributed by atoms with Crippen LogP contribution < -0.4 is 16.5 Å². The van der Waals surface area contributed by atoms with E-state index in [-0.39, 0.29) is 5.56 Å². The topological polar surface area (TPSA) is 119 Å². The minimum absolute atomic E-state index is 0.187. The van der Waals surface area contributed by atoms with Gasteiger partial charge in [-0.15, -0.1) is 0 Å². The van der Waals surface area contributed by atoms with Crippen LogP contribution in [0, 0.1) is 0 Å². The minimum atomic E-state index is -0.985. The fraction of sp³-hybridized carbons (Fsp3) is 0.0909. The van der Waals surface area contributed by atoms with Crippen LogP contribution in [0.1, 0.15) is 15.9 Å². The van der Waals surface area contributed by atoms with Gasteiger partial charge in [0.25, 0.3) is 5.65 Å².